The molecule has 1 aromatic heterocycles. The molecule has 0 aliphatic rings. The van der Waals surface area contributed by atoms with Crippen molar-refractivity contribution >= 4 is 0 Å². The van der Waals surface area contributed by atoms with Crippen molar-refractivity contribution in [3.8, 4) is 45.1 Å². The van der Waals surface area contributed by atoms with E-state index in [1.165, 1.54) is 30.3 Å². The number of ether oxygens (including phenoxy) is 2. The molecule has 0 unspecified atom stereocenters. The number of aryl methyl sites for hydroxylation is 1. The third kappa shape index (κ3) is 7.48. The molecule has 4 nitrogen and oxygen atoms in total. The van der Waals surface area contributed by atoms with Crippen LogP contribution in [0.5, 0.6) is 11.5 Å². The van der Waals surface area contributed by atoms with Gasteiger partial charge >= 0.3 is 6.11 Å². The number of alkyl halides is 2. The standard InChI is InChI=1S/C36H31F5N2O2/c1-3-5-6-7-23-21-42-35(43-22-23)26-10-15-30(32(37)19-26)25-11-17-31(34(39)18-25)36(40,41)45-28-14-16-29(33(38)20-28)24-8-12-27(13-9-24)44-4-2/h8-22H,3-7H2,1-2H3. The van der Waals surface area contributed by atoms with E-state index in [1.807, 2.05) is 6.92 Å². The zero-order valence-corrected chi connectivity index (χ0v) is 24.8. The first-order valence-electron chi connectivity index (χ1n) is 14.7. The van der Waals surface area contributed by atoms with Gasteiger partial charge in [0, 0.05) is 35.2 Å². The van der Waals surface area contributed by atoms with Gasteiger partial charge in [-0.05, 0) is 78.9 Å². The molecule has 0 amide bonds. The smallest absolute Gasteiger partial charge is 0.429 e. The van der Waals surface area contributed by atoms with Gasteiger partial charge in [0.15, 0.2) is 5.82 Å². The van der Waals surface area contributed by atoms with Crippen molar-refractivity contribution in [1.82, 2.24) is 9.97 Å². The third-order valence-electron chi connectivity index (χ3n) is 7.26. The topological polar surface area (TPSA) is 44.2 Å². The summed E-state index contributed by atoms with van der Waals surface area (Å²) in [6, 6.07) is 16.9. The summed E-state index contributed by atoms with van der Waals surface area (Å²) >= 11 is 0. The van der Waals surface area contributed by atoms with Crippen LogP contribution in [-0.4, -0.2) is 16.6 Å². The van der Waals surface area contributed by atoms with Crippen LogP contribution in [0.15, 0.2) is 91.3 Å². The van der Waals surface area contributed by atoms with E-state index < -0.39 is 34.9 Å². The van der Waals surface area contributed by atoms with Crippen molar-refractivity contribution in [2.75, 3.05) is 6.61 Å². The molecule has 0 saturated carbocycles. The maximum atomic E-state index is 15.1. The Morgan fingerprint density at radius 1 is 0.644 bits per heavy atom. The minimum absolute atomic E-state index is 0.0107. The summed E-state index contributed by atoms with van der Waals surface area (Å²) in [5.74, 6) is -2.34. The number of halogens is 5. The lowest BCUT2D eigenvalue weighted by atomic mass is 10.0. The molecular weight excluding hydrogens is 587 g/mol. The summed E-state index contributed by atoms with van der Waals surface area (Å²) in [5.41, 5.74) is 1.08. The second-order valence-corrected chi connectivity index (χ2v) is 10.5. The number of nitrogens with zero attached hydrogens (tertiary/aromatic N) is 2. The van der Waals surface area contributed by atoms with E-state index >= 15 is 17.6 Å². The van der Waals surface area contributed by atoms with Crippen LogP contribution in [-0.2, 0) is 12.5 Å². The van der Waals surface area contributed by atoms with E-state index in [4.69, 9.17) is 9.47 Å². The van der Waals surface area contributed by atoms with E-state index in [0.29, 0.717) is 29.3 Å². The van der Waals surface area contributed by atoms with Crippen LogP contribution in [0.1, 0.15) is 44.2 Å². The largest absolute Gasteiger partial charge is 0.494 e. The minimum atomic E-state index is -4.14. The van der Waals surface area contributed by atoms with Crippen LogP contribution in [0.3, 0.4) is 0 Å². The van der Waals surface area contributed by atoms with Crippen LogP contribution in [0.25, 0.3) is 33.6 Å². The van der Waals surface area contributed by atoms with Crippen molar-refractivity contribution in [2.24, 2.45) is 0 Å². The highest BCUT2D eigenvalue weighted by Crippen LogP contribution is 2.37. The summed E-state index contributed by atoms with van der Waals surface area (Å²) in [7, 11) is 0. The van der Waals surface area contributed by atoms with Crippen LogP contribution in [0.4, 0.5) is 22.0 Å². The zero-order valence-electron chi connectivity index (χ0n) is 24.8. The van der Waals surface area contributed by atoms with E-state index in [9.17, 15) is 4.39 Å². The first kappa shape index (κ1) is 31.6. The summed E-state index contributed by atoms with van der Waals surface area (Å²) in [6.07, 6.45) is 3.40. The van der Waals surface area contributed by atoms with Crippen LogP contribution in [0, 0.1) is 17.5 Å². The lowest BCUT2D eigenvalue weighted by molar-refractivity contribution is -0.187. The van der Waals surface area contributed by atoms with Gasteiger partial charge in [0.1, 0.15) is 29.0 Å². The Kier molecular flexibility index (Phi) is 9.76. The molecule has 1 heterocycles. The second-order valence-electron chi connectivity index (χ2n) is 10.5. The maximum Gasteiger partial charge on any atom is 0.429 e. The van der Waals surface area contributed by atoms with Gasteiger partial charge < -0.3 is 9.47 Å². The maximum absolute atomic E-state index is 15.1. The average molecular weight is 619 g/mol. The van der Waals surface area contributed by atoms with Crippen LogP contribution in [0.2, 0.25) is 0 Å². The fourth-order valence-electron chi connectivity index (χ4n) is 4.91. The number of benzene rings is 4. The first-order chi connectivity index (χ1) is 21.7. The molecule has 0 radical (unpaired) electrons. The van der Waals surface area contributed by atoms with E-state index in [2.05, 4.69) is 16.9 Å². The van der Waals surface area contributed by atoms with Crippen molar-refractivity contribution in [2.45, 2.75) is 45.6 Å². The van der Waals surface area contributed by atoms with Gasteiger partial charge in [-0.3, -0.25) is 0 Å². The minimum Gasteiger partial charge on any atom is -0.494 e. The fourth-order valence-corrected chi connectivity index (χ4v) is 4.91. The summed E-state index contributed by atoms with van der Waals surface area (Å²) in [4.78, 5) is 8.66. The second kappa shape index (κ2) is 13.9. The zero-order chi connectivity index (χ0) is 32.0. The quantitative estimate of drug-likeness (QED) is 0.103. The molecule has 9 heteroatoms. The summed E-state index contributed by atoms with van der Waals surface area (Å²) in [5, 5.41) is 0. The van der Waals surface area contributed by atoms with Gasteiger partial charge in [0.25, 0.3) is 0 Å². The van der Waals surface area contributed by atoms with Gasteiger partial charge in [-0.1, -0.05) is 50.1 Å². The molecule has 0 aliphatic carbocycles. The molecule has 5 rings (SSSR count). The van der Waals surface area contributed by atoms with E-state index in [1.54, 1.807) is 42.7 Å². The molecule has 0 saturated heterocycles. The molecule has 0 N–H and O–H groups in total. The highest BCUT2D eigenvalue weighted by molar-refractivity contribution is 5.69. The molecule has 4 aromatic carbocycles. The lowest BCUT2D eigenvalue weighted by Gasteiger charge is -2.20. The molecule has 0 aliphatic heterocycles. The van der Waals surface area contributed by atoms with Gasteiger partial charge in [-0.25, -0.2) is 23.1 Å². The van der Waals surface area contributed by atoms with Gasteiger partial charge in [0.05, 0.1) is 12.2 Å². The molecule has 0 bridgehead atoms. The lowest BCUT2D eigenvalue weighted by Crippen LogP contribution is -2.23. The molecular formula is C36H31F5N2O2. The Morgan fingerprint density at radius 3 is 1.89 bits per heavy atom. The van der Waals surface area contributed by atoms with Gasteiger partial charge in [-0.15, -0.1) is 0 Å². The van der Waals surface area contributed by atoms with Gasteiger partial charge in [-0.2, -0.15) is 8.78 Å². The summed E-state index contributed by atoms with van der Waals surface area (Å²) in [6.45, 7) is 4.44. The summed E-state index contributed by atoms with van der Waals surface area (Å²) < 4.78 is 85.2. The first-order valence-corrected chi connectivity index (χ1v) is 14.7. The van der Waals surface area contributed by atoms with Crippen LogP contribution < -0.4 is 9.47 Å². The number of aromatic nitrogens is 2. The molecule has 0 fully saturated rings. The Bertz CT molecular complexity index is 1760. The Balaban J connectivity index is 1.30. The number of rotatable bonds is 12. The SMILES string of the molecule is CCCCCc1cnc(-c2ccc(-c3ccc(C(F)(F)Oc4ccc(-c5ccc(OCC)cc5)c(F)c4)c(F)c3)c(F)c2)nc1. The highest BCUT2D eigenvalue weighted by atomic mass is 19.3. The average Bonchev–Trinajstić information content (AvgIpc) is 3.02. The number of hydrogen-bond acceptors (Lipinski definition) is 4. The Morgan fingerprint density at radius 2 is 1.24 bits per heavy atom. The highest BCUT2D eigenvalue weighted by Gasteiger charge is 2.38. The van der Waals surface area contributed by atoms with Gasteiger partial charge in [0.2, 0.25) is 0 Å². The van der Waals surface area contributed by atoms with Crippen molar-refractivity contribution in [3.63, 3.8) is 0 Å². The Labute approximate surface area is 258 Å². The predicted molar refractivity (Wildman–Crippen MR) is 164 cm³/mol. The fraction of sp³-hybridized carbons (Fsp3) is 0.222. The molecule has 45 heavy (non-hydrogen) atoms. The monoisotopic (exact) mass is 618 g/mol. The van der Waals surface area contributed by atoms with Crippen molar-refractivity contribution < 1.29 is 31.4 Å². The third-order valence-corrected chi connectivity index (χ3v) is 7.26. The Hall–Kier alpha value is -4.79. The van der Waals surface area contributed by atoms with Crippen LogP contribution >= 0.6 is 0 Å². The normalized spacial score (nSPS) is 11.4. The predicted octanol–water partition coefficient (Wildman–Crippen LogP) is 10.2. The van der Waals surface area contributed by atoms with Crippen molar-refractivity contribution in [1.29, 1.82) is 0 Å². The molecule has 0 atom stereocenters. The number of unbranched alkanes of at least 4 members (excludes halogenated alkanes) is 2. The van der Waals surface area contributed by atoms with E-state index in [0.717, 1.165) is 49.4 Å². The molecule has 0 spiro atoms. The molecule has 232 valence electrons. The molecule has 5 aromatic rings. The van der Waals surface area contributed by atoms with Crippen molar-refractivity contribution in [3.05, 3.63) is 120 Å². The van der Waals surface area contributed by atoms with E-state index in [-0.39, 0.29) is 16.7 Å². The number of hydrogen-bond donors (Lipinski definition) is 0.